The van der Waals surface area contributed by atoms with E-state index in [0.717, 1.165) is 0 Å². The molecule has 0 bridgehead atoms. The third-order valence-corrected chi connectivity index (χ3v) is 3.34. The highest BCUT2D eigenvalue weighted by Crippen LogP contribution is 2.29. The van der Waals surface area contributed by atoms with Crippen molar-refractivity contribution in [2.24, 2.45) is 0 Å². The molecule has 0 radical (unpaired) electrons. The number of nitrogens with zero attached hydrogens (tertiary/aromatic N) is 1. The van der Waals surface area contributed by atoms with Crippen molar-refractivity contribution in [1.82, 2.24) is 4.98 Å². The summed E-state index contributed by atoms with van der Waals surface area (Å²) in [5, 5.41) is 19.0. The molecular weight excluding hydrogens is 306 g/mol. The number of aliphatic carboxylic acids is 1. The van der Waals surface area contributed by atoms with Gasteiger partial charge in [0.1, 0.15) is 11.4 Å². The molecule has 0 fully saturated rings. The average Bonchev–Trinajstić information content (AvgIpc) is 2.48. The number of pyridine rings is 1. The number of carboxylic acids is 1. The molecule has 1 aromatic carbocycles. The minimum atomic E-state index is -1.09. The Morgan fingerprint density at radius 2 is 2.09 bits per heavy atom. The van der Waals surface area contributed by atoms with Gasteiger partial charge in [-0.1, -0.05) is 17.6 Å². The van der Waals surface area contributed by atoms with Gasteiger partial charge < -0.3 is 10.2 Å². The van der Waals surface area contributed by atoms with Crippen molar-refractivity contribution in [1.29, 1.82) is 0 Å². The van der Waals surface area contributed by atoms with E-state index in [4.69, 9.17) is 18.1 Å². The Balaban J connectivity index is 2.37. The molecule has 2 rings (SSSR count). The molecule has 114 valence electrons. The Morgan fingerprint density at radius 3 is 2.73 bits per heavy atom. The predicted molar refractivity (Wildman–Crippen MR) is 82.3 cm³/mol. The Morgan fingerprint density at radius 1 is 1.36 bits per heavy atom. The molecule has 0 atom stereocenters. The summed E-state index contributed by atoms with van der Waals surface area (Å²) in [5.41, 5.74) is 1.65. The van der Waals surface area contributed by atoms with E-state index in [0.29, 0.717) is 21.7 Å². The lowest BCUT2D eigenvalue weighted by atomic mass is 10.0. The molecule has 2 aromatic rings. The number of hydrogen-bond donors (Lipinski definition) is 2. The molecule has 22 heavy (non-hydrogen) atoms. The number of carboxylic acid groups (broad SMARTS) is 1. The lowest BCUT2D eigenvalue weighted by molar-refractivity contribution is -0.136. The summed E-state index contributed by atoms with van der Waals surface area (Å²) in [6, 6.07) is 4.78. The van der Waals surface area contributed by atoms with Gasteiger partial charge in [-0.2, -0.15) is 0 Å². The van der Waals surface area contributed by atoms with Crippen LogP contribution in [0.2, 0.25) is 5.02 Å². The molecule has 2 N–H and O–H groups in total. The number of benzene rings is 1. The molecule has 1 aromatic heterocycles. The van der Waals surface area contributed by atoms with Gasteiger partial charge in [-0.05, 0) is 36.2 Å². The highest BCUT2D eigenvalue weighted by molar-refractivity contribution is 6.30. The number of carbonyl (C=O) groups is 2. The lowest BCUT2D eigenvalue weighted by Gasteiger charge is -2.09. The van der Waals surface area contributed by atoms with Gasteiger partial charge in [-0.25, -0.2) is 4.98 Å². The summed E-state index contributed by atoms with van der Waals surface area (Å²) in [7, 11) is 0. The Bertz CT molecular complexity index is 792. The number of aromatic hydroxyl groups is 1. The fourth-order valence-corrected chi connectivity index (χ4v) is 2.16. The van der Waals surface area contributed by atoms with Crippen molar-refractivity contribution in [2.45, 2.75) is 19.8 Å². The van der Waals surface area contributed by atoms with Crippen molar-refractivity contribution in [3.05, 3.63) is 46.7 Å². The first-order valence-electron chi connectivity index (χ1n) is 7.00. The first kappa shape index (κ1) is 14.5. The van der Waals surface area contributed by atoms with Crippen LogP contribution in [0.5, 0.6) is 5.75 Å². The highest BCUT2D eigenvalue weighted by atomic mass is 35.5. The summed E-state index contributed by atoms with van der Waals surface area (Å²) in [6.45, 7) is 1.75. The van der Waals surface area contributed by atoms with E-state index in [2.05, 4.69) is 4.98 Å². The van der Waals surface area contributed by atoms with E-state index in [1.165, 1.54) is 18.3 Å². The van der Waals surface area contributed by atoms with Gasteiger partial charge in [0, 0.05) is 23.2 Å². The molecule has 0 saturated carbocycles. The number of hydrogen-bond acceptors (Lipinski definition) is 4. The second-order valence-corrected chi connectivity index (χ2v) is 5.20. The van der Waals surface area contributed by atoms with Crippen LogP contribution in [0.15, 0.2) is 30.4 Å². The average molecular weight is 321 g/mol. The normalized spacial score (nSPS) is 11.1. The summed E-state index contributed by atoms with van der Waals surface area (Å²) >= 11 is 5.95. The van der Waals surface area contributed by atoms with Crippen LogP contribution >= 0.6 is 11.6 Å². The van der Waals surface area contributed by atoms with Crippen LogP contribution in [0.3, 0.4) is 0 Å². The SMILES string of the molecule is [2H]c1cc(Cl)cc(-c2cnc(C(=O)CCC(=O)O)c(O)c2)c1C. The summed E-state index contributed by atoms with van der Waals surface area (Å²) in [4.78, 5) is 26.3. The third-order valence-electron chi connectivity index (χ3n) is 3.12. The molecule has 0 aliphatic carbocycles. The molecule has 0 amide bonds. The monoisotopic (exact) mass is 320 g/mol. The maximum atomic E-state index is 11.9. The number of aromatic nitrogens is 1. The van der Waals surface area contributed by atoms with Crippen LogP contribution < -0.4 is 0 Å². The molecule has 6 heteroatoms. The van der Waals surface area contributed by atoms with Gasteiger partial charge in [0.2, 0.25) is 0 Å². The standard InChI is InChI=1S/C16H14ClNO4/c1-9-2-3-11(17)7-12(9)10-6-14(20)16(18-8-10)13(19)4-5-15(21)22/h2-3,6-8,20H,4-5H2,1H3,(H,21,22)/i2D. The fourth-order valence-electron chi connectivity index (χ4n) is 2.00. The maximum Gasteiger partial charge on any atom is 0.303 e. The second-order valence-electron chi connectivity index (χ2n) is 4.77. The predicted octanol–water partition coefficient (Wildman–Crippen LogP) is 3.46. The van der Waals surface area contributed by atoms with E-state index in [1.54, 1.807) is 13.0 Å². The van der Waals surface area contributed by atoms with Gasteiger partial charge in [0.25, 0.3) is 0 Å². The van der Waals surface area contributed by atoms with Crippen LogP contribution in [0.25, 0.3) is 11.1 Å². The minimum Gasteiger partial charge on any atom is -0.506 e. The van der Waals surface area contributed by atoms with Crippen LogP contribution in [0.1, 0.15) is 30.3 Å². The molecule has 5 nitrogen and oxygen atoms in total. The highest BCUT2D eigenvalue weighted by Gasteiger charge is 2.16. The molecule has 0 aliphatic heterocycles. The lowest BCUT2D eigenvalue weighted by Crippen LogP contribution is -2.06. The number of rotatable bonds is 5. The van der Waals surface area contributed by atoms with Crippen LogP contribution in [0, 0.1) is 6.92 Å². The Labute approximate surface area is 133 Å². The van der Waals surface area contributed by atoms with Gasteiger partial charge >= 0.3 is 5.97 Å². The first-order chi connectivity index (χ1) is 10.8. The second kappa shape index (κ2) is 6.58. The maximum absolute atomic E-state index is 11.9. The van der Waals surface area contributed by atoms with E-state index < -0.39 is 11.8 Å². The van der Waals surface area contributed by atoms with Crippen LogP contribution in [0.4, 0.5) is 0 Å². The zero-order chi connectivity index (χ0) is 17.1. The fraction of sp³-hybridized carbons (Fsp3) is 0.188. The van der Waals surface area contributed by atoms with Crippen molar-refractivity contribution in [3.63, 3.8) is 0 Å². The number of carbonyl (C=O) groups excluding carboxylic acids is 1. The first-order valence-corrected chi connectivity index (χ1v) is 6.88. The van der Waals surface area contributed by atoms with Gasteiger partial charge in [0.15, 0.2) is 5.78 Å². The quantitative estimate of drug-likeness (QED) is 0.824. The van der Waals surface area contributed by atoms with Crippen molar-refractivity contribution in [3.8, 4) is 16.9 Å². The van der Waals surface area contributed by atoms with Gasteiger partial charge in [-0.3, -0.25) is 9.59 Å². The van der Waals surface area contributed by atoms with E-state index in [-0.39, 0.29) is 30.3 Å². The van der Waals surface area contributed by atoms with E-state index in [1.807, 2.05) is 0 Å². The Kier molecular flexibility index (Phi) is 4.34. The summed E-state index contributed by atoms with van der Waals surface area (Å²) in [5.74, 6) is -1.96. The smallest absolute Gasteiger partial charge is 0.303 e. The third kappa shape index (κ3) is 3.62. The van der Waals surface area contributed by atoms with Gasteiger partial charge in [0.05, 0.1) is 7.79 Å². The van der Waals surface area contributed by atoms with Crippen LogP contribution in [-0.2, 0) is 4.79 Å². The van der Waals surface area contributed by atoms with Crippen molar-refractivity contribution in [2.75, 3.05) is 0 Å². The number of halogens is 1. The molecule has 0 unspecified atom stereocenters. The van der Waals surface area contributed by atoms with Crippen molar-refractivity contribution < 1.29 is 21.2 Å². The van der Waals surface area contributed by atoms with Crippen LogP contribution in [-0.4, -0.2) is 26.9 Å². The Hall–Kier alpha value is -2.40. The largest absolute Gasteiger partial charge is 0.506 e. The summed E-state index contributed by atoms with van der Waals surface area (Å²) in [6.07, 6.45) is 0.839. The van der Waals surface area contributed by atoms with E-state index >= 15 is 0 Å². The van der Waals surface area contributed by atoms with Crippen molar-refractivity contribution >= 4 is 23.4 Å². The molecule has 0 spiro atoms. The van der Waals surface area contributed by atoms with Gasteiger partial charge in [-0.15, -0.1) is 0 Å². The summed E-state index contributed by atoms with van der Waals surface area (Å²) < 4.78 is 7.83. The minimum absolute atomic E-state index is 0.166. The number of Topliss-reactive ketones (excluding diaryl/α,β-unsaturated/α-hetero) is 1. The topological polar surface area (TPSA) is 87.5 Å². The molecule has 0 aliphatic rings. The molecular formula is C16H14ClNO4. The molecule has 1 heterocycles. The zero-order valence-corrected chi connectivity index (χ0v) is 12.5. The molecule has 0 saturated heterocycles. The zero-order valence-electron chi connectivity index (χ0n) is 12.8. The number of ketones is 1. The van der Waals surface area contributed by atoms with E-state index in [9.17, 15) is 14.7 Å².